The highest BCUT2D eigenvalue weighted by molar-refractivity contribution is 6.17. The van der Waals surface area contributed by atoms with Gasteiger partial charge in [-0.05, 0) is 0 Å². The van der Waals surface area contributed by atoms with Crippen LogP contribution in [0.2, 0.25) is 0 Å². The van der Waals surface area contributed by atoms with Gasteiger partial charge in [0.05, 0.1) is 33.6 Å². The minimum Gasteiger partial charge on any atom is -0.330 e. The number of quaternary nitrogens is 1. The molecule has 1 nitrogen and oxygen atoms in total. The fraction of sp³-hybridized carbons (Fsp3) is 1.00. The summed E-state index contributed by atoms with van der Waals surface area (Å²) in [5.41, 5.74) is 0. The lowest BCUT2D eigenvalue weighted by Crippen LogP contribution is -2.35. The van der Waals surface area contributed by atoms with Crippen LogP contribution >= 0.6 is 24.0 Å². The average Bonchev–Trinajstić information content (AvgIpc) is 1.30. The molecule has 0 aliphatic heterocycles. The van der Waals surface area contributed by atoms with Crippen molar-refractivity contribution >= 4 is 24.0 Å². The van der Waals surface area contributed by atoms with Crippen molar-refractivity contribution in [2.75, 3.05) is 33.6 Å². The van der Waals surface area contributed by atoms with E-state index in [2.05, 4.69) is 21.1 Å². The minimum atomic E-state index is 0. The number of rotatable bonds is 2. The number of hydrogen-bond acceptors (Lipinski definition) is 0. The fourth-order valence-corrected chi connectivity index (χ4v) is 0.761. The van der Waals surface area contributed by atoms with E-state index < -0.39 is 0 Å². The van der Waals surface area contributed by atoms with E-state index in [1.54, 1.807) is 0 Å². The summed E-state index contributed by atoms with van der Waals surface area (Å²) in [7, 11) is 6.38. The summed E-state index contributed by atoms with van der Waals surface area (Å²) in [6.45, 7) is 1.04. The van der Waals surface area contributed by atoms with Crippen LogP contribution < -0.4 is 0 Å². The summed E-state index contributed by atoms with van der Waals surface area (Å²) < 4.78 is 0.962. The highest BCUT2D eigenvalue weighted by Crippen LogP contribution is 1.88. The van der Waals surface area contributed by atoms with Gasteiger partial charge in [0.2, 0.25) is 0 Å². The van der Waals surface area contributed by atoms with E-state index >= 15 is 0 Å². The van der Waals surface area contributed by atoms with Crippen LogP contribution in [0.4, 0.5) is 0 Å². The zero-order valence-corrected chi connectivity index (χ0v) is 7.22. The third-order valence-corrected chi connectivity index (χ3v) is 0.924. The van der Waals surface area contributed by atoms with Crippen LogP contribution in [0.3, 0.4) is 0 Å². The molecule has 8 heavy (non-hydrogen) atoms. The molecule has 0 unspecified atom stereocenters. The molecule has 0 aliphatic carbocycles. The van der Waals surface area contributed by atoms with Gasteiger partial charge < -0.3 is 4.48 Å². The van der Waals surface area contributed by atoms with Crippen molar-refractivity contribution in [2.45, 2.75) is 0 Å². The molecule has 0 aliphatic rings. The van der Waals surface area contributed by atoms with E-state index in [1.807, 2.05) is 0 Å². The maximum atomic E-state index is 5.47. The lowest BCUT2D eigenvalue weighted by molar-refractivity contribution is -0.867. The summed E-state index contributed by atoms with van der Waals surface area (Å²) in [5.74, 6) is 0.753. The summed E-state index contributed by atoms with van der Waals surface area (Å²) in [6.07, 6.45) is 0. The molecule has 0 N–H and O–H groups in total. The van der Waals surface area contributed by atoms with Crippen LogP contribution in [-0.4, -0.2) is 38.1 Å². The minimum absolute atomic E-state index is 0. The lowest BCUT2D eigenvalue weighted by atomic mass is 10.6. The standard InChI is InChI=1S/C5H13ClN.ClH/c1-7(2,3)5-4-6;/h4-5H2,1-3H3;1H/q+1;. The second-order valence-electron chi connectivity index (χ2n) is 2.70. The van der Waals surface area contributed by atoms with Crippen LogP contribution in [0.25, 0.3) is 0 Å². The van der Waals surface area contributed by atoms with Gasteiger partial charge in [-0.25, -0.2) is 0 Å². The predicted molar refractivity (Wildman–Crippen MR) is 40.9 cm³/mol. The Morgan fingerprint density at radius 3 is 1.62 bits per heavy atom. The average molecular weight is 159 g/mol. The monoisotopic (exact) mass is 158 g/mol. The van der Waals surface area contributed by atoms with E-state index in [-0.39, 0.29) is 12.4 Å². The van der Waals surface area contributed by atoms with E-state index in [4.69, 9.17) is 11.6 Å². The smallest absolute Gasteiger partial charge is 0.0918 e. The molecule has 0 radical (unpaired) electrons. The fourth-order valence-electron chi connectivity index (χ4n) is 0.254. The largest absolute Gasteiger partial charge is 0.330 e. The van der Waals surface area contributed by atoms with Crippen molar-refractivity contribution < 1.29 is 4.48 Å². The first kappa shape index (κ1) is 11.4. The van der Waals surface area contributed by atoms with Crippen molar-refractivity contribution in [3.63, 3.8) is 0 Å². The zero-order chi connectivity index (χ0) is 5.91. The number of halogens is 2. The summed E-state index contributed by atoms with van der Waals surface area (Å²) in [5, 5.41) is 0. The predicted octanol–water partition coefficient (Wildman–Crippen LogP) is 1.35. The normalized spacial score (nSPS) is 10.5. The zero-order valence-electron chi connectivity index (χ0n) is 5.65. The molecular weight excluding hydrogens is 145 g/mol. The number of nitrogens with zero attached hydrogens (tertiary/aromatic N) is 1. The molecule has 0 saturated heterocycles. The molecule has 3 heteroatoms. The van der Waals surface area contributed by atoms with E-state index in [9.17, 15) is 0 Å². The molecule has 0 saturated carbocycles. The Kier molecular flexibility index (Phi) is 6.27. The number of hydrogen-bond donors (Lipinski definition) is 0. The van der Waals surface area contributed by atoms with Gasteiger partial charge in [0.25, 0.3) is 0 Å². The highest BCUT2D eigenvalue weighted by atomic mass is 35.5. The first-order chi connectivity index (χ1) is 3.06. The summed E-state index contributed by atoms with van der Waals surface area (Å²) in [4.78, 5) is 0. The topological polar surface area (TPSA) is 0 Å². The number of alkyl halides is 1. The molecule has 0 amide bonds. The molecule has 0 rings (SSSR count). The Labute approximate surface area is 62.6 Å². The SMILES string of the molecule is C[N+](C)(C)CCCl.Cl. The van der Waals surface area contributed by atoms with Crippen LogP contribution in [0, 0.1) is 0 Å². The van der Waals surface area contributed by atoms with Crippen molar-refractivity contribution in [2.24, 2.45) is 0 Å². The van der Waals surface area contributed by atoms with Gasteiger partial charge in [0, 0.05) is 0 Å². The van der Waals surface area contributed by atoms with Gasteiger partial charge in [0.1, 0.15) is 0 Å². The highest BCUT2D eigenvalue weighted by Gasteiger charge is 2.02. The maximum Gasteiger partial charge on any atom is 0.0918 e. The third kappa shape index (κ3) is 9.74. The Bertz CT molecular complexity index is 48.9. The van der Waals surface area contributed by atoms with Gasteiger partial charge in [-0.15, -0.1) is 24.0 Å². The van der Waals surface area contributed by atoms with Gasteiger partial charge in [-0.1, -0.05) is 0 Å². The van der Waals surface area contributed by atoms with Crippen molar-refractivity contribution in [1.29, 1.82) is 0 Å². The second-order valence-corrected chi connectivity index (χ2v) is 3.08. The second kappa shape index (κ2) is 4.42. The first-order valence-electron chi connectivity index (χ1n) is 2.43. The molecule has 0 aromatic rings. The van der Waals surface area contributed by atoms with E-state index in [0.29, 0.717) is 0 Å². The van der Waals surface area contributed by atoms with Gasteiger partial charge >= 0.3 is 0 Å². The lowest BCUT2D eigenvalue weighted by Gasteiger charge is -2.21. The molecule has 0 spiro atoms. The summed E-state index contributed by atoms with van der Waals surface area (Å²) in [6, 6.07) is 0. The Morgan fingerprint density at radius 2 is 1.62 bits per heavy atom. The Hall–Kier alpha value is 0.540. The Morgan fingerprint density at radius 1 is 1.25 bits per heavy atom. The van der Waals surface area contributed by atoms with Crippen LogP contribution in [0.5, 0.6) is 0 Å². The van der Waals surface area contributed by atoms with Crippen molar-refractivity contribution in [3.05, 3.63) is 0 Å². The van der Waals surface area contributed by atoms with E-state index in [0.717, 1.165) is 16.9 Å². The van der Waals surface area contributed by atoms with E-state index in [1.165, 1.54) is 0 Å². The van der Waals surface area contributed by atoms with Crippen molar-refractivity contribution in [3.8, 4) is 0 Å². The third-order valence-electron chi connectivity index (χ3n) is 0.755. The molecule has 52 valence electrons. The van der Waals surface area contributed by atoms with Crippen LogP contribution in [-0.2, 0) is 0 Å². The molecule has 0 aromatic heterocycles. The molecular formula is C5H14Cl2N+. The molecule has 0 aromatic carbocycles. The quantitative estimate of drug-likeness (QED) is 0.421. The molecule has 0 atom stereocenters. The van der Waals surface area contributed by atoms with Crippen LogP contribution in [0.1, 0.15) is 0 Å². The van der Waals surface area contributed by atoms with Crippen LogP contribution in [0.15, 0.2) is 0 Å². The maximum absolute atomic E-state index is 5.47. The van der Waals surface area contributed by atoms with Gasteiger partial charge in [0.15, 0.2) is 0 Å². The first-order valence-corrected chi connectivity index (χ1v) is 2.96. The van der Waals surface area contributed by atoms with Gasteiger partial charge in [-0.2, -0.15) is 0 Å². The van der Waals surface area contributed by atoms with Gasteiger partial charge in [-0.3, -0.25) is 0 Å². The molecule has 0 heterocycles. The summed E-state index contributed by atoms with van der Waals surface area (Å²) >= 11 is 5.47. The van der Waals surface area contributed by atoms with Crippen molar-refractivity contribution in [1.82, 2.24) is 0 Å². The molecule has 0 bridgehead atoms. The Balaban J connectivity index is 0. The molecule has 0 fully saturated rings.